The smallest absolute Gasteiger partial charge is 0.305 e. The number of esters is 1. The number of ether oxygens (including phenoxy) is 1. The van der Waals surface area contributed by atoms with E-state index in [1.807, 2.05) is 43.3 Å². The molecule has 154 valence electrons. The van der Waals surface area contributed by atoms with Crippen LogP contribution in [0.15, 0.2) is 53.0 Å². The van der Waals surface area contributed by atoms with Crippen molar-refractivity contribution in [2.45, 2.75) is 39.0 Å². The van der Waals surface area contributed by atoms with Crippen molar-refractivity contribution in [3.8, 4) is 0 Å². The van der Waals surface area contributed by atoms with Crippen LogP contribution < -0.4 is 10.9 Å². The lowest BCUT2D eigenvalue weighted by molar-refractivity contribution is -0.143. The van der Waals surface area contributed by atoms with E-state index >= 15 is 0 Å². The Morgan fingerprint density at radius 1 is 0.966 bits per heavy atom. The Morgan fingerprint density at radius 3 is 2.45 bits per heavy atom. The average Bonchev–Trinajstić information content (AvgIpc) is 2.72. The van der Waals surface area contributed by atoms with Gasteiger partial charge < -0.3 is 4.74 Å². The number of aryl methyl sites for hydroxylation is 2. The minimum Gasteiger partial charge on any atom is -0.466 e. The zero-order valence-corrected chi connectivity index (χ0v) is 18.0. The van der Waals surface area contributed by atoms with E-state index in [0.717, 1.165) is 22.9 Å². The van der Waals surface area contributed by atoms with E-state index in [1.165, 1.54) is 5.56 Å². The van der Waals surface area contributed by atoms with Gasteiger partial charge in [0.15, 0.2) is 0 Å². The minimum absolute atomic E-state index is 0.122. The van der Waals surface area contributed by atoms with Crippen LogP contribution in [-0.4, -0.2) is 24.4 Å². The lowest BCUT2D eigenvalue weighted by atomic mass is 10.1. The van der Waals surface area contributed by atoms with Crippen LogP contribution >= 0.6 is 15.9 Å². The maximum atomic E-state index is 12.0. The van der Waals surface area contributed by atoms with Crippen molar-refractivity contribution < 1.29 is 19.1 Å². The van der Waals surface area contributed by atoms with Gasteiger partial charge in [0.2, 0.25) is 5.91 Å². The van der Waals surface area contributed by atoms with Gasteiger partial charge in [-0.3, -0.25) is 25.2 Å². The summed E-state index contributed by atoms with van der Waals surface area (Å²) in [5, 5.41) is 0. The van der Waals surface area contributed by atoms with E-state index in [0.29, 0.717) is 18.6 Å². The highest BCUT2D eigenvalue weighted by Gasteiger charge is 2.10. The summed E-state index contributed by atoms with van der Waals surface area (Å²) in [6.07, 6.45) is 2.26. The molecule has 0 heterocycles. The average molecular weight is 461 g/mol. The van der Waals surface area contributed by atoms with Gasteiger partial charge in [0.25, 0.3) is 5.91 Å². The predicted molar refractivity (Wildman–Crippen MR) is 114 cm³/mol. The monoisotopic (exact) mass is 460 g/mol. The number of carbonyl (C=O) groups is 3. The quantitative estimate of drug-likeness (QED) is 0.338. The summed E-state index contributed by atoms with van der Waals surface area (Å²) in [6, 6.07) is 15.2. The van der Waals surface area contributed by atoms with Crippen LogP contribution in [0.1, 0.15) is 47.2 Å². The highest BCUT2D eigenvalue weighted by atomic mass is 79.9. The number of hydrogen-bond acceptors (Lipinski definition) is 4. The first kappa shape index (κ1) is 22.6. The summed E-state index contributed by atoms with van der Waals surface area (Å²) in [4.78, 5) is 35.6. The van der Waals surface area contributed by atoms with E-state index < -0.39 is 5.91 Å². The Hall–Kier alpha value is -2.67. The van der Waals surface area contributed by atoms with E-state index in [9.17, 15) is 14.4 Å². The Balaban J connectivity index is 1.56. The van der Waals surface area contributed by atoms with Crippen LogP contribution in [0.4, 0.5) is 0 Å². The number of amides is 2. The molecule has 0 saturated heterocycles. The maximum Gasteiger partial charge on any atom is 0.305 e. The Kier molecular flexibility index (Phi) is 9.37. The van der Waals surface area contributed by atoms with Crippen LogP contribution in [0.3, 0.4) is 0 Å². The number of nitrogens with one attached hydrogen (secondary N) is 2. The lowest BCUT2D eigenvalue weighted by Crippen LogP contribution is -2.41. The van der Waals surface area contributed by atoms with Crippen molar-refractivity contribution in [3.63, 3.8) is 0 Å². The second kappa shape index (κ2) is 12.0. The number of halogens is 1. The first-order valence-corrected chi connectivity index (χ1v) is 10.3. The molecule has 2 N–H and O–H groups in total. The molecule has 0 aliphatic heterocycles. The summed E-state index contributed by atoms with van der Waals surface area (Å²) < 4.78 is 6.00. The van der Waals surface area contributed by atoms with Gasteiger partial charge in [-0.1, -0.05) is 52.3 Å². The van der Waals surface area contributed by atoms with E-state index in [1.54, 1.807) is 12.1 Å². The molecule has 0 bridgehead atoms. The van der Waals surface area contributed by atoms with Crippen LogP contribution in [-0.2, 0) is 20.7 Å². The summed E-state index contributed by atoms with van der Waals surface area (Å²) in [5.41, 5.74) is 7.37. The molecular formula is C22H25BrN2O4. The molecule has 0 aliphatic rings. The molecule has 2 amide bonds. The normalized spacial score (nSPS) is 10.3. The number of benzene rings is 2. The molecule has 0 radical (unpaired) electrons. The molecule has 2 aromatic carbocycles. The van der Waals surface area contributed by atoms with Gasteiger partial charge in [0, 0.05) is 22.9 Å². The van der Waals surface area contributed by atoms with Gasteiger partial charge in [0.1, 0.15) is 0 Å². The second-order valence-electron chi connectivity index (χ2n) is 6.63. The van der Waals surface area contributed by atoms with Crippen molar-refractivity contribution in [1.29, 1.82) is 0 Å². The third-order valence-electron chi connectivity index (χ3n) is 4.25. The van der Waals surface area contributed by atoms with E-state index in [-0.39, 0.29) is 24.7 Å². The number of rotatable bonds is 9. The molecule has 0 atom stereocenters. The molecule has 0 aliphatic carbocycles. The van der Waals surface area contributed by atoms with Crippen molar-refractivity contribution in [2.75, 3.05) is 6.61 Å². The molecule has 29 heavy (non-hydrogen) atoms. The van der Waals surface area contributed by atoms with Crippen molar-refractivity contribution in [2.24, 2.45) is 0 Å². The molecule has 2 rings (SSSR count). The second-order valence-corrected chi connectivity index (χ2v) is 7.48. The molecule has 7 heteroatoms. The van der Waals surface area contributed by atoms with Gasteiger partial charge in [-0.25, -0.2) is 0 Å². The lowest BCUT2D eigenvalue weighted by Gasteiger charge is -2.08. The first-order valence-electron chi connectivity index (χ1n) is 9.50. The summed E-state index contributed by atoms with van der Waals surface area (Å²) >= 11 is 3.37. The Labute approximate surface area is 179 Å². The fraction of sp³-hybridized carbons (Fsp3) is 0.318. The highest BCUT2D eigenvalue weighted by molar-refractivity contribution is 9.10. The van der Waals surface area contributed by atoms with Gasteiger partial charge in [-0.15, -0.1) is 0 Å². The molecule has 0 aromatic heterocycles. The topological polar surface area (TPSA) is 84.5 Å². The van der Waals surface area contributed by atoms with Crippen molar-refractivity contribution in [1.82, 2.24) is 10.9 Å². The fourth-order valence-electron chi connectivity index (χ4n) is 2.57. The van der Waals surface area contributed by atoms with E-state index in [4.69, 9.17) is 4.74 Å². The standard InChI is InChI=1S/C22H25BrN2O4/c1-16-12-13-18(15-19(16)23)22(28)25-24-20(26)10-5-11-21(27)29-14-6-9-17-7-3-2-4-8-17/h2-4,7-8,12-13,15H,5-6,9-11,14H2,1H3,(H,24,26)(H,25,28). The third kappa shape index (κ3) is 8.48. The fourth-order valence-corrected chi connectivity index (χ4v) is 2.95. The zero-order valence-electron chi connectivity index (χ0n) is 16.4. The molecule has 0 unspecified atom stereocenters. The minimum atomic E-state index is -0.406. The van der Waals surface area contributed by atoms with Crippen LogP contribution in [0.5, 0.6) is 0 Å². The Morgan fingerprint density at radius 2 is 1.72 bits per heavy atom. The van der Waals surface area contributed by atoms with Crippen molar-refractivity contribution in [3.05, 3.63) is 69.7 Å². The summed E-state index contributed by atoms with van der Waals surface area (Å²) in [7, 11) is 0. The van der Waals surface area contributed by atoms with Gasteiger partial charge in [-0.2, -0.15) is 0 Å². The van der Waals surface area contributed by atoms with Gasteiger partial charge >= 0.3 is 5.97 Å². The number of hydrazine groups is 1. The van der Waals surface area contributed by atoms with Crippen LogP contribution in [0.2, 0.25) is 0 Å². The largest absolute Gasteiger partial charge is 0.466 e. The van der Waals surface area contributed by atoms with Crippen molar-refractivity contribution >= 4 is 33.7 Å². The van der Waals surface area contributed by atoms with Gasteiger partial charge in [0.05, 0.1) is 6.61 Å². The summed E-state index contributed by atoms with van der Waals surface area (Å²) in [6.45, 7) is 2.28. The molecule has 2 aromatic rings. The van der Waals surface area contributed by atoms with E-state index in [2.05, 4.69) is 26.8 Å². The SMILES string of the molecule is Cc1ccc(C(=O)NNC(=O)CCCC(=O)OCCCc2ccccc2)cc1Br. The molecule has 0 fully saturated rings. The molecule has 0 spiro atoms. The zero-order chi connectivity index (χ0) is 21.1. The Bertz CT molecular complexity index is 840. The summed E-state index contributed by atoms with van der Waals surface area (Å²) in [5.74, 6) is -1.09. The van der Waals surface area contributed by atoms with Gasteiger partial charge in [-0.05, 0) is 49.4 Å². The number of hydrogen-bond donors (Lipinski definition) is 2. The highest BCUT2D eigenvalue weighted by Crippen LogP contribution is 2.17. The third-order valence-corrected chi connectivity index (χ3v) is 5.10. The van der Waals surface area contributed by atoms with Crippen LogP contribution in [0.25, 0.3) is 0 Å². The molecular weight excluding hydrogens is 436 g/mol. The first-order chi connectivity index (χ1) is 14.0. The van der Waals surface area contributed by atoms with Crippen LogP contribution in [0, 0.1) is 6.92 Å². The predicted octanol–water partition coefficient (Wildman–Crippen LogP) is 3.86. The molecule has 6 nitrogen and oxygen atoms in total. The molecule has 0 saturated carbocycles. The number of carbonyl (C=O) groups excluding carboxylic acids is 3. The maximum absolute atomic E-state index is 12.0.